The molecule has 0 aliphatic rings. The number of hydrogen-bond donors (Lipinski definition) is 1. The second kappa shape index (κ2) is 12.1. The predicted molar refractivity (Wildman–Crippen MR) is 131 cm³/mol. The monoisotopic (exact) mass is 510 g/mol. The first-order valence-corrected chi connectivity index (χ1v) is 12.6. The van der Waals surface area contributed by atoms with Gasteiger partial charge in [0.25, 0.3) is 0 Å². The number of carbonyl (C=O) groups is 2. The highest BCUT2D eigenvalue weighted by atomic mass is 32.2. The third-order valence-electron chi connectivity index (χ3n) is 5.61. The smallest absolute Gasteiger partial charge is 0.304 e. The van der Waals surface area contributed by atoms with Gasteiger partial charge in [0.1, 0.15) is 24.2 Å². The molecule has 8 nitrogen and oxygen atoms in total. The van der Waals surface area contributed by atoms with E-state index in [2.05, 4.69) is 5.32 Å². The fraction of sp³-hybridized carbons (Fsp3) is 0.417. The number of amides is 2. The molecule has 0 bridgehead atoms. The van der Waals surface area contributed by atoms with Gasteiger partial charge in [-0.15, -0.1) is 0 Å². The minimum atomic E-state index is -4.29. The van der Waals surface area contributed by atoms with Crippen LogP contribution >= 0.6 is 0 Å². The average Bonchev–Trinajstić information content (AvgIpc) is 2.81. The number of nitrogens with one attached hydrogen (secondary N) is 1. The van der Waals surface area contributed by atoms with E-state index in [9.17, 15) is 26.8 Å². The predicted octanol–water partition coefficient (Wildman–Crippen LogP) is 2.91. The van der Waals surface area contributed by atoms with Crippen LogP contribution in [0, 0.1) is 11.6 Å². The minimum absolute atomic E-state index is 0.150. The van der Waals surface area contributed by atoms with Crippen molar-refractivity contribution in [1.82, 2.24) is 14.5 Å². The lowest BCUT2D eigenvalue weighted by Crippen LogP contribution is -2.53. The highest BCUT2D eigenvalue weighted by Gasteiger charge is 2.34. The first-order valence-electron chi connectivity index (χ1n) is 11.2. The van der Waals surface area contributed by atoms with Crippen LogP contribution in [0.1, 0.15) is 32.8 Å². The Hall–Kier alpha value is -3.05. The summed E-state index contributed by atoms with van der Waals surface area (Å²) in [5.74, 6) is -2.69. The van der Waals surface area contributed by atoms with E-state index in [1.54, 1.807) is 13.0 Å². The Morgan fingerprint density at radius 3 is 2.09 bits per heavy atom. The van der Waals surface area contributed by atoms with Gasteiger partial charge in [-0.3, -0.25) is 9.59 Å². The zero-order valence-corrected chi connectivity index (χ0v) is 21.4. The molecule has 0 aliphatic carbocycles. The molecule has 0 saturated heterocycles. The quantitative estimate of drug-likeness (QED) is 0.503. The van der Waals surface area contributed by atoms with Crippen molar-refractivity contribution in [3.63, 3.8) is 0 Å². The van der Waals surface area contributed by atoms with Gasteiger partial charge in [-0.1, -0.05) is 37.3 Å². The Labute approximate surface area is 205 Å². The van der Waals surface area contributed by atoms with Gasteiger partial charge in [0.2, 0.25) is 11.8 Å². The molecule has 35 heavy (non-hydrogen) atoms. The van der Waals surface area contributed by atoms with Crippen LogP contribution in [0.4, 0.5) is 14.5 Å². The van der Waals surface area contributed by atoms with Crippen molar-refractivity contribution in [3.8, 4) is 0 Å². The summed E-state index contributed by atoms with van der Waals surface area (Å²) in [6.07, 6.45) is 0.655. The zero-order chi connectivity index (χ0) is 26.3. The van der Waals surface area contributed by atoms with Crippen LogP contribution in [0.25, 0.3) is 0 Å². The van der Waals surface area contributed by atoms with Gasteiger partial charge in [-0.25, -0.2) is 13.1 Å². The fourth-order valence-electron chi connectivity index (χ4n) is 3.21. The van der Waals surface area contributed by atoms with Crippen LogP contribution in [0.15, 0.2) is 48.5 Å². The Balaban J connectivity index is 2.48. The number of rotatable bonds is 11. The van der Waals surface area contributed by atoms with Crippen molar-refractivity contribution in [2.45, 2.75) is 45.8 Å². The summed E-state index contributed by atoms with van der Waals surface area (Å²) in [5.41, 5.74) is -0.172. The third kappa shape index (κ3) is 6.98. The maximum absolute atomic E-state index is 14.6. The van der Waals surface area contributed by atoms with Crippen LogP contribution < -0.4 is 9.62 Å². The second-order valence-corrected chi connectivity index (χ2v) is 10.4. The van der Waals surface area contributed by atoms with E-state index in [4.69, 9.17) is 0 Å². The van der Waals surface area contributed by atoms with Gasteiger partial charge in [0.05, 0.1) is 5.69 Å². The molecule has 2 atom stereocenters. The van der Waals surface area contributed by atoms with Crippen LogP contribution in [0.2, 0.25) is 0 Å². The topological polar surface area (TPSA) is 90.0 Å². The lowest BCUT2D eigenvalue weighted by Gasteiger charge is -2.33. The van der Waals surface area contributed by atoms with Gasteiger partial charge in [0.15, 0.2) is 0 Å². The van der Waals surface area contributed by atoms with Crippen LogP contribution in [-0.2, 0) is 26.3 Å². The maximum Gasteiger partial charge on any atom is 0.304 e. The summed E-state index contributed by atoms with van der Waals surface area (Å²) in [4.78, 5) is 27.4. The third-order valence-corrected chi connectivity index (χ3v) is 7.41. The van der Waals surface area contributed by atoms with Gasteiger partial charge < -0.3 is 10.2 Å². The van der Waals surface area contributed by atoms with Crippen molar-refractivity contribution >= 4 is 27.7 Å². The number of hydrogen-bond acceptors (Lipinski definition) is 4. The Bertz CT molecular complexity index is 1140. The van der Waals surface area contributed by atoms with E-state index in [-0.39, 0.29) is 23.8 Å². The minimum Gasteiger partial charge on any atom is -0.352 e. The summed E-state index contributed by atoms with van der Waals surface area (Å²) in [6, 6.07) is 9.72. The first-order chi connectivity index (χ1) is 16.4. The molecule has 0 spiro atoms. The molecule has 0 heterocycles. The fourth-order valence-corrected chi connectivity index (χ4v) is 4.28. The Morgan fingerprint density at radius 2 is 1.54 bits per heavy atom. The number of nitrogens with zero attached hydrogens (tertiary/aromatic N) is 3. The van der Waals surface area contributed by atoms with Crippen LogP contribution in [0.3, 0.4) is 0 Å². The average molecular weight is 511 g/mol. The number of benzene rings is 2. The normalized spacial score (nSPS) is 13.3. The standard InChI is InChI=1S/C24H32F2N4O4S/c1-6-17(2)27-24(32)18(3)29(15-19-11-7-8-12-20(19)25)23(31)16-30(35(33,34)28(4)5)22-14-10-9-13-21(22)26/h7-14,17-18H,6,15-16H2,1-5H3,(H,27,32)/t17-,18-/m1/s1. The molecule has 0 fully saturated rings. The molecule has 192 valence electrons. The number of para-hydroxylation sites is 1. The van der Waals surface area contributed by atoms with Crippen molar-refractivity contribution in [2.24, 2.45) is 0 Å². The highest BCUT2D eigenvalue weighted by Crippen LogP contribution is 2.24. The molecule has 0 unspecified atom stereocenters. The molecular formula is C24H32F2N4O4S. The lowest BCUT2D eigenvalue weighted by atomic mass is 10.1. The molecule has 2 aromatic carbocycles. The molecule has 0 aliphatic heterocycles. The largest absolute Gasteiger partial charge is 0.352 e. The lowest BCUT2D eigenvalue weighted by molar-refractivity contribution is -0.139. The summed E-state index contributed by atoms with van der Waals surface area (Å²) >= 11 is 0. The van der Waals surface area contributed by atoms with Gasteiger partial charge >= 0.3 is 10.2 Å². The molecule has 2 rings (SSSR count). The van der Waals surface area contributed by atoms with Gasteiger partial charge in [-0.2, -0.15) is 12.7 Å². The van der Waals surface area contributed by atoms with Gasteiger partial charge in [0, 0.05) is 32.2 Å². The molecule has 0 aromatic heterocycles. The van der Waals surface area contributed by atoms with Crippen molar-refractivity contribution in [3.05, 3.63) is 65.7 Å². The van der Waals surface area contributed by atoms with E-state index in [0.717, 1.165) is 15.3 Å². The van der Waals surface area contributed by atoms with E-state index in [1.807, 2.05) is 6.92 Å². The van der Waals surface area contributed by atoms with E-state index < -0.39 is 46.2 Å². The molecular weight excluding hydrogens is 478 g/mol. The van der Waals surface area contributed by atoms with Gasteiger partial charge in [-0.05, 0) is 38.5 Å². The number of halogens is 2. The molecule has 1 N–H and O–H groups in total. The molecule has 2 aromatic rings. The van der Waals surface area contributed by atoms with Crippen LogP contribution in [-0.4, -0.2) is 62.2 Å². The Morgan fingerprint density at radius 1 is 0.971 bits per heavy atom. The van der Waals surface area contributed by atoms with Crippen molar-refractivity contribution in [2.75, 3.05) is 24.9 Å². The first kappa shape index (κ1) is 28.2. The highest BCUT2D eigenvalue weighted by molar-refractivity contribution is 7.90. The zero-order valence-electron chi connectivity index (χ0n) is 20.5. The molecule has 0 saturated carbocycles. The number of carbonyl (C=O) groups excluding carboxylic acids is 2. The molecule has 11 heteroatoms. The van der Waals surface area contributed by atoms with E-state index >= 15 is 0 Å². The van der Waals surface area contributed by atoms with Crippen LogP contribution in [0.5, 0.6) is 0 Å². The summed E-state index contributed by atoms with van der Waals surface area (Å²) < 4.78 is 56.5. The number of anilines is 1. The summed E-state index contributed by atoms with van der Waals surface area (Å²) in [7, 11) is -1.77. The maximum atomic E-state index is 14.6. The molecule has 0 radical (unpaired) electrons. The van der Waals surface area contributed by atoms with E-state index in [1.165, 1.54) is 57.4 Å². The second-order valence-electron chi connectivity index (χ2n) is 8.36. The van der Waals surface area contributed by atoms with Crippen molar-refractivity contribution in [1.29, 1.82) is 0 Å². The van der Waals surface area contributed by atoms with Crippen molar-refractivity contribution < 1.29 is 26.8 Å². The summed E-state index contributed by atoms with van der Waals surface area (Å²) in [5, 5.41) is 2.78. The molecule has 2 amide bonds. The SMILES string of the molecule is CC[C@@H](C)NC(=O)[C@@H](C)N(Cc1ccccc1F)C(=O)CN(c1ccccc1F)S(=O)(=O)N(C)C. The Kier molecular flexibility index (Phi) is 9.73. The summed E-state index contributed by atoms with van der Waals surface area (Å²) in [6.45, 7) is 4.09. The van der Waals surface area contributed by atoms with E-state index in [0.29, 0.717) is 10.7 Å².